The largest absolute Gasteiger partial charge is 0.461 e. The van der Waals surface area contributed by atoms with E-state index in [4.69, 9.17) is 9.15 Å². The lowest BCUT2D eigenvalue weighted by atomic mass is 10.1. The summed E-state index contributed by atoms with van der Waals surface area (Å²) in [4.78, 5) is 36.0. The highest BCUT2D eigenvalue weighted by Crippen LogP contribution is 2.26. The number of ether oxygens (including phenoxy) is 1. The fourth-order valence-electron chi connectivity index (χ4n) is 5.05. The van der Waals surface area contributed by atoms with Crippen LogP contribution in [0.3, 0.4) is 0 Å². The van der Waals surface area contributed by atoms with Gasteiger partial charge >= 0.3 is 0 Å². The maximum atomic E-state index is 12.9. The van der Waals surface area contributed by atoms with E-state index >= 15 is 0 Å². The van der Waals surface area contributed by atoms with Crippen molar-refractivity contribution in [1.29, 1.82) is 0 Å². The molecule has 1 saturated heterocycles. The quantitative estimate of drug-likeness (QED) is 0.459. The molecule has 2 aliphatic rings. The molecule has 0 aliphatic carbocycles. The van der Waals surface area contributed by atoms with Gasteiger partial charge in [-0.2, -0.15) is 0 Å². The number of likely N-dealkylation sites (N-methyl/N-ethyl adjacent to an activating group) is 1. The number of nitrogens with one attached hydrogen (secondary N) is 1. The van der Waals surface area contributed by atoms with Crippen molar-refractivity contribution in [2.24, 2.45) is 0 Å². The Morgan fingerprint density at radius 2 is 1.95 bits per heavy atom. The minimum Gasteiger partial charge on any atom is -0.461 e. The number of aryl methyl sites for hydroxylation is 1. The molecule has 0 atom stereocenters. The molecule has 1 N–H and O–H groups in total. The van der Waals surface area contributed by atoms with E-state index in [1.54, 1.807) is 30.3 Å². The first kappa shape index (κ1) is 26.1. The average molecular weight is 518 g/mol. The molecule has 0 unspecified atom stereocenters. The zero-order valence-electron chi connectivity index (χ0n) is 22.1. The summed E-state index contributed by atoms with van der Waals surface area (Å²) in [5.41, 5.74) is 3.61. The lowest BCUT2D eigenvalue weighted by Crippen LogP contribution is -2.38. The molecule has 2 aromatic heterocycles. The first-order valence-corrected chi connectivity index (χ1v) is 13.2. The Bertz CT molecular complexity index is 1330. The van der Waals surface area contributed by atoms with Gasteiger partial charge in [-0.15, -0.1) is 0 Å². The van der Waals surface area contributed by atoms with Gasteiger partial charge < -0.3 is 19.4 Å². The van der Waals surface area contributed by atoms with Crippen LogP contribution in [0.5, 0.6) is 0 Å². The SMILES string of the molecule is Cc1oc2ccccc2c1CN(C)C(=O)C=Cc1cnc2c(c1)CN(CCCN1CCOCC1)CC(=O)N2. The number of benzene rings is 1. The van der Waals surface area contributed by atoms with Crippen LogP contribution in [0.25, 0.3) is 17.0 Å². The van der Waals surface area contributed by atoms with E-state index in [0.717, 1.165) is 79.2 Å². The summed E-state index contributed by atoms with van der Waals surface area (Å²) in [6.07, 6.45) is 6.02. The number of para-hydroxylation sites is 1. The zero-order valence-corrected chi connectivity index (χ0v) is 22.1. The lowest BCUT2D eigenvalue weighted by molar-refractivity contribution is -0.125. The van der Waals surface area contributed by atoms with Crippen molar-refractivity contribution in [1.82, 2.24) is 19.7 Å². The van der Waals surface area contributed by atoms with E-state index in [9.17, 15) is 9.59 Å². The van der Waals surface area contributed by atoms with Crippen molar-refractivity contribution < 1.29 is 18.7 Å². The third-order valence-corrected chi connectivity index (χ3v) is 7.15. The van der Waals surface area contributed by atoms with Crippen LogP contribution < -0.4 is 5.32 Å². The molecule has 2 aliphatic heterocycles. The van der Waals surface area contributed by atoms with Crippen molar-refractivity contribution in [2.75, 3.05) is 58.3 Å². The second kappa shape index (κ2) is 11.9. The maximum Gasteiger partial charge on any atom is 0.246 e. The first-order chi connectivity index (χ1) is 18.5. The standard InChI is InChI=1S/C29H35N5O4/c1-21-25(24-6-3-4-7-26(24)38-21)19-32(2)28(36)9-8-22-16-23-18-34(20-27(35)31-29(23)30-17-22)11-5-10-33-12-14-37-15-13-33/h3-4,6-9,16-17H,5,10-15,18-20H2,1-2H3,(H,30,31,35). The number of aromatic nitrogens is 1. The molecule has 9 nitrogen and oxygen atoms in total. The molecule has 2 amide bonds. The predicted molar refractivity (Wildman–Crippen MR) is 146 cm³/mol. The third-order valence-electron chi connectivity index (χ3n) is 7.15. The van der Waals surface area contributed by atoms with E-state index in [-0.39, 0.29) is 11.8 Å². The molecule has 9 heteroatoms. The van der Waals surface area contributed by atoms with E-state index in [1.165, 1.54) is 0 Å². The molecule has 4 heterocycles. The van der Waals surface area contributed by atoms with E-state index in [0.29, 0.717) is 25.5 Å². The van der Waals surface area contributed by atoms with Gasteiger partial charge in [-0.25, -0.2) is 4.98 Å². The van der Waals surface area contributed by atoms with Gasteiger partial charge in [0, 0.05) is 68.6 Å². The Morgan fingerprint density at radius 3 is 2.79 bits per heavy atom. The molecule has 5 rings (SSSR count). The second-order valence-corrected chi connectivity index (χ2v) is 10.0. The minimum absolute atomic E-state index is 0.0511. The fraction of sp³-hybridized carbons (Fsp3) is 0.414. The van der Waals surface area contributed by atoms with E-state index < -0.39 is 0 Å². The van der Waals surface area contributed by atoms with Crippen molar-refractivity contribution in [3.63, 3.8) is 0 Å². The first-order valence-electron chi connectivity index (χ1n) is 13.2. The monoisotopic (exact) mass is 517 g/mol. The summed E-state index contributed by atoms with van der Waals surface area (Å²) in [5, 5.41) is 3.95. The summed E-state index contributed by atoms with van der Waals surface area (Å²) in [5.74, 6) is 1.25. The summed E-state index contributed by atoms with van der Waals surface area (Å²) >= 11 is 0. The van der Waals surface area contributed by atoms with Crippen LogP contribution in [-0.4, -0.2) is 84.5 Å². The zero-order chi connectivity index (χ0) is 26.5. The highest BCUT2D eigenvalue weighted by atomic mass is 16.5. The number of hydrogen-bond donors (Lipinski definition) is 1. The number of morpholine rings is 1. The number of carbonyl (C=O) groups is 2. The molecule has 0 bridgehead atoms. The summed E-state index contributed by atoms with van der Waals surface area (Å²) < 4.78 is 11.3. The normalized spacial score (nSPS) is 16.9. The van der Waals surface area contributed by atoms with Gasteiger partial charge in [-0.1, -0.05) is 18.2 Å². The average Bonchev–Trinajstić information content (AvgIpc) is 3.13. The summed E-state index contributed by atoms with van der Waals surface area (Å²) in [6, 6.07) is 9.87. The number of carbonyl (C=O) groups excluding carboxylic acids is 2. The molecular formula is C29H35N5O4. The number of hydrogen-bond acceptors (Lipinski definition) is 7. The van der Waals surface area contributed by atoms with Crippen LogP contribution in [0.15, 0.2) is 47.0 Å². The predicted octanol–water partition coefficient (Wildman–Crippen LogP) is 3.28. The van der Waals surface area contributed by atoms with Gasteiger partial charge in [-0.05, 0) is 43.7 Å². The van der Waals surface area contributed by atoms with Gasteiger partial charge in [0.1, 0.15) is 17.2 Å². The van der Waals surface area contributed by atoms with Crippen LogP contribution in [0.1, 0.15) is 28.9 Å². The summed E-state index contributed by atoms with van der Waals surface area (Å²) in [7, 11) is 1.79. The van der Waals surface area contributed by atoms with Crippen LogP contribution >= 0.6 is 0 Å². The van der Waals surface area contributed by atoms with Gasteiger partial charge in [0.05, 0.1) is 19.8 Å². The highest BCUT2D eigenvalue weighted by Gasteiger charge is 2.21. The third kappa shape index (κ3) is 6.30. The van der Waals surface area contributed by atoms with Gasteiger partial charge in [0.2, 0.25) is 11.8 Å². The number of pyridine rings is 1. The fourth-order valence-corrected chi connectivity index (χ4v) is 5.05. The number of rotatable bonds is 8. The molecule has 3 aromatic rings. The van der Waals surface area contributed by atoms with E-state index in [1.807, 2.05) is 37.3 Å². The number of anilines is 1. The van der Waals surface area contributed by atoms with Crippen LogP contribution in [0.2, 0.25) is 0 Å². The van der Waals surface area contributed by atoms with Crippen LogP contribution in [0.4, 0.5) is 5.82 Å². The molecule has 38 heavy (non-hydrogen) atoms. The maximum absolute atomic E-state index is 12.9. The van der Waals surface area contributed by atoms with E-state index in [2.05, 4.69) is 20.1 Å². The number of amides is 2. The lowest BCUT2D eigenvalue weighted by Gasteiger charge is -2.27. The van der Waals surface area contributed by atoms with Gasteiger partial charge in [-0.3, -0.25) is 19.4 Å². The molecule has 0 radical (unpaired) electrons. The minimum atomic E-state index is -0.109. The molecule has 200 valence electrons. The van der Waals surface area contributed by atoms with Crippen molar-refractivity contribution in [3.05, 3.63) is 65.1 Å². The smallest absolute Gasteiger partial charge is 0.246 e. The highest BCUT2D eigenvalue weighted by molar-refractivity contribution is 5.94. The van der Waals surface area contributed by atoms with Crippen molar-refractivity contribution in [2.45, 2.75) is 26.4 Å². The molecule has 0 spiro atoms. The Labute approximate surface area is 223 Å². The van der Waals surface area contributed by atoms with Gasteiger partial charge in [0.15, 0.2) is 0 Å². The molecular weight excluding hydrogens is 482 g/mol. The van der Waals surface area contributed by atoms with Crippen molar-refractivity contribution >= 4 is 34.7 Å². The number of nitrogens with zero attached hydrogens (tertiary/aromatic N) is 4. The Morgan fingerprint density at radius 1 is 1.16 bits per heavy atom. The van der Waals surface area contributed by atoms with Crippen molar-refractivity contribution in [3.8, 4) is 0 Å². The van der Waals surface area contributed by atoms with Gasteiger partial charge in [0.25, 0.3) is 0 Å². The molecule has 1 aromatic carbocycles. The Hall–Kier alpha value is -3.53. The number of furan rings is 1. The molecule has 1 fully saturated rings. The Balaban J connectivity index is 1.21. The number of fused-ring (bicyclic) bond motifs is 2. The van der Waals surface area contributed by atoms with Crippen LogP contribution in [0, 0.1) is 6.92 Å². The topological polar surface area (TPSA) is 91.2 Å². The Kier molecular flexibility index (Phi) is 8.17. The van der Waals surface area contributed by atoms with Crippen LogP contribution in [-0.2, 0) is 27.4 Å². The second-order valence-electron chi connectivity index (χ2n) is 10.0. The summed E-state index contributed by atoms with van der Waals surface area (Å²) in [6.45, 7) is 8.70. The molecule has 0 saturated carbocycles.